The molecular formula is C20H16F3N3O2. The third kappa shape index (κ3) is 4.11. The van der Waals surface area contributed by atoms with Crippen molar-refractivity contribution in [1.29, 1.82) is 0 Å². The Morgan fingerprint density at radius 2 is 1.75 bits per heavy atom. The first kappa shape index (κ1) is 19.3. The van der Waals surface area contributed by atoms with Gasteiger partial charge in [0.25, 0.3) is 0 Å². The van der Waals surface area contributed by atoms with Gasteiger partial charge in [0.15, 0.2) is 0 Å². The molecule has 0 aliphatic carbocycles. The maximum Gasteiger partial charge on any atom is 0.418 e. The Morgan fingerprint density at radius 3 is 2.46 bits per heavy atom. The van der Waals surface area contributed by atoms with Crippen LogP contribution >= 0.6 is 0 Å². The van der Waals surface area contributed by atoms with Gasteiger partial charge in [-0.2, -0.15) is 13.2 Å². The van der Waals surface area contributed by atoms with Crippen LogP contribution in [0, 0.1) is 0 Å². The molecule has 0 unspecified atom stereocenters. The monoisotopic (exact) mass is 387 g/mol. The summed E-state index contributed by atoms with van der Waals surface area (Å²) in [4.78, 5) is 29.5. The molecule has 144 valence electrons. The largest absolute Gasteiger partial charge is 0.418 e. The molecule has 1 N–H and O–H groups in total. The average molecular weight is 387 g/mol. The molecule has 2 amide bonds. The van der Waals surface area contributed by atoms with Gasteiger partial charge in [-0.05, 0) is 24.3 Å². The molecule has 0 atom stereocenters. The van der Waals surface area contributed by atoms with E-state index in [1.165, 1.54) is 12.1 Å². The van der Waals surface area contributed by atoms with E-state index in [4.69, 9.17) is 0 Å². The number of carbonyl (C=O) groups is 2. The predicted molar refractivity (Wildman–Crippen MR) is 99.8 cm³/mol. The molecule has 0 radical (unpaired) electrons. The number of nitrogens with zero attached hydrogens (tertiary/aromatic N) is 2. The third-order valence-corrected chi connectivity index (χ3v) is 4.09. The summed E-state index contributed by atoms with van der Waals surface area (Å²) in [5.41, 5.74) is -0.391. The maximum atomic E-state index is 13.3. The SMILES string of the molecule is CC(=O)N(CC(=O)Nc1cccc2cccnc12)c1ccccc1C(F)(F)F. The minimum atomic E-state index is -4.65. The molecule has 0 bridgehead atoms. The number of hydrogen-bond donors (Lipinski definition) is 1. The summed E-state index contributed by atoms with van der Waals surface area (Å²) < 4.78 is 39.9. The van der Waals surface area contributed by atoms with Gasteiger partial charge < -0.3 is 10.2 Å². The zero-order chi connectivity index (χ0) is 20.3. The van der Waals surface area contributed by atoms with Crippen molar-refractivity contribution in [2.24, 2.45) is 0 Å². The fourth-order valence-electron chi connectivity index (χ4n) is 2.85. The molecule has 0 aliphatic heterocycles. The van der Waals surface area contributed by atoms with Gasteiger partial charge in [0.05, 0.1) is 22.5 Å². The van der Waals surface area contributed by atoms with E-state index in [0.29, 0.717) is 11.2 Å². The molecule has 0 saturated heterocycles. The minimum absolute atomic E-state index is 0.367. The summed E-state index contributed by atoms with van der Waals surface area (Å²) in [5.74, 6) is -1.31. The molecule has 28 heavy (non-hydrogen) atoms. The fraction of sp³-hybridized carbons (Fsp3) is 0.150. The van der Waals surface area contributed by atoms with Crippen LogP contribution in [0.3, 0.4) is 0 Å². The Balaban J connectivity index is 1.88. The lowest BCUT2D eigenvalue weighted by Crippen LogP contribution is -2.37. The van der Waals surface area contributed by atoms with Gasteiger partial charge in [-0.25, -0.2) is 0 Å². The maximum absolute atomic E-state index is 13.3. The number of benzene rings is 2. The number of halogens is 3. The number of alkyl halides is 3. The topological polar surface area (TPSA) is 62.3 Å². The zero-order valence-electron chi connectivity index (χ0n) is 14.8. The summed E-state index contributed by atoms with van der Waals surface area (Å²) in [6.45, 7) is 0.547. The molecule has 3 aromatic rings. The second-order valence-corrected chi connectivity index (χ2v) is 6.05. The summed E-state index contributed by atoms with van der Waals surface area (Å²) in [7, 11) is 0. The van der Waals surface area contributed by atoms with Crippen molar-refractivity contribution in [3.05, 3.63) is 66.4 Å². The van der Waals surface area contributed by atoms with Crippen molar-refractivity contribution >= 4 is 34.1 Å². The first-order valence-corrected chi connectivity index (χ1v) is 8.35. The van der Waals surface area contributed by atoms with Crippen LogP contribution in [-0.4, -0.2) is 23.3 Å². The normalized spacial score (nSPS) is 11.3. The molecule has 5 nitrogen and oxygen atoms in total. The molecule has 0 saturated carbocycles. The summed E-state index contributed by atoms with van der Waals surface area (Å²) in [6.07, 6.45) is -3.08. The van der Waals surface area contributed by atoms with Crippen molar-refractivity contribution in [2.75, 3.05) is 16.8 Å². The van der Waals surface area contributed by atoms with Crippen molar-refractivity contribution in [3.63, 3.8) is 0 Å². The fourth-order valence-corrected chi connectivity index (χ4v) is 2.85. The highest BCUT2D eigenvalue weighted by Gasteiger charge is 2.35. The van der Waals surface area contributed by atoms with Crippen LogP contribution < -0.4 is 10.2 Å². The van der Waals surface area contributed by atoms with Crippen molar-refractivity contribution < 1.29 is 22.8 Å². The Kier molecular flexibility index (Phi) is 5.30. The number of pyridine rings is 1. The lowest BCUT2D eigenvalue weighted by Gasteiger charge is -2.24. The van der Waals surface area contributed by atoms with Crippen LogP contribution in [-0.2, 0) is 15.8 Å². The van der Waals surface area contributed by atoms with E-state index < -0.39 is 30.1 Å². The number of hydrogen-bond acceptors (Lipinski definition) is 3. The first-order chi connectivity index (χ1) is 13.3. The van der Waals surface area contributed by atoms with Gasteiger partial charge in [-0.15, -0.1) is 0 Å². The van der Waals surface area contributed by atoms with Gasteiger partial charge in [0.1, 0.15) is 6.54 Å². The Bertz CT molecular complexity index is 1030. The highest BCUT2D eigenvalue weighted by atomic mass is 19.4. The van der Waals surface area contributed by atoms with E-state index in [1.54, 1.807) is 24.4 Å². The molecular weight excluding hydrogens is 371 g/mol. The molecule has 0 spiro atoms. The van der Waals surface area contributed by atoms with Crippen LogP contribution in [0.5, 0.6) is 0 Å². The van der Waals surface area contributed by atoms with E-state index in [9.17, 15) is 22.8 Å². The van der Waals surface area contributed by atoms with Crippen LogP contribution in [0.4, 0.5) is 24.5 Å². The number of aromatic nitrogens is 1. The van der Waals surface area contributed by atoms with Crippen LogP contribution in [0.1, 0.15) is 12.5 Å². The summed E-state index contributed by atoms with van der Waals surface area (Å²) in [5, 5.41) is 3.42. The number of fused-ring (bicyclic) bond motifs is 1. The third-order valence-electron chi connectivity index (χ3n) is 4.09. The van der Waals surface area contributed by atoms with Crippen LogP contribution in [0.15, 0.2) is 60.8 Å². The van der Waals surface area contributed by atoms with Gasteiger partial charge >= 0.3 is 6.18 Å². The average Bonchev–Trinajstić information content (AvgIpc) is 2.65. The standard InChI is InChI=1S/C20H16F3N3O2/c1-13(27)26(17-10-3-2-8-15(17)20(21,22)23)12-18(28)25-16-9-4-6-14-7-5-11-24-19(14)16/h2-11H,12H2,1H3,(H,25,28). The minimum Gasteiger partial charge on any atom is -0.323 e. The van der Waals surface area contributed by atoms with Crippen molar-refractivity contribution in [3.8, 4) is 0 Å². The highest BCUT2D eigenvalue weighted by molar-refractivity contribution is 6.05. The van der Waals surface area contributed by atoms with E-state index in [0.717, 1.165) is 29.3 Å². The van der Waals surface area contributed by atoms with Gasteiger partial charge in [-0.3, -0.25) is 14.6 Å². The van der Waals surface area contributed by atoms with E-state index in [-0.39, 0.29) is 5.69 Å². The Labute approximate surface area is 158 Å². The lowest BCUT2D eigenvalue weighted by molar-refractivity contribution is -0.137. The summed E-state index contributed by atoms with van der Waals surface area (Å²) in [6, 6.07) is 13.4. The number of rotatable bonds is 4. The van der Waals surface area contributed by atoms with Gasteiger partial charge in [0, 0.05) is 18.5 Å². The first-order valence-electron chi connectivity index (χ1n) is 8.35. The smallest absolute Gasteiger partial charge is 0.323 e. The second kappa shape index (κ2) is 7.67. The number of amides is 2. The van der Waals surface area contributed by atoms with Crippen molar-refractivity contribution in [2.45, 2.75) is 13.1 Å². The highest BCUT2D eigenvalue weighted by Crippen LogP contribution is 2.36. The van der Waals surface area contributed by atoms with Gasteiger partial charge in [0.2, 0.25) is 11.8 Å². The Hall–Kier alpha value is -3.42. The van der Waals surface area contributed by atoms with E-state index >= 15 is 0 Å². The molecule has 0 aliphatic rings. The summed E-state index contributed by atoms with van der Waals surface area (Å²) >= 11 is 0. The molecule has 8 heteroatoms. The number of para-hydroxylation sites is 2. The van der Waals surface area contributed by atoms with E-state index in [2.05, 4.69) is 10.3 Å². The molecule has 0 fully saturated rings. The number of anilines is 2. The van der Waals surface area contributed by atoms with Crippen LogP contribution in [0.25, 0.3) is 10.9 Å². The van der Waals surface area contributed by atoms with Crippen LogP contribution in [0.2, 0.25) is 0 Å². The number of carbonyl (C=O) groups excluding carboxylic acids is 2. The molecule has 1 heterocycles. The molecule has 1 aromatic heterocycles. The molecule has 3 rings (SSSR count). The predicted octanol–water partition coefficient (Wildman–Crippen LogP) is 4.25. The zero-order valence-corrected chi connectivity index (χ0v) is 14.8. The van der Waals surface area contributed by atoms with Gasteiger partial charge in [-0.1, -0.05) is 30.3 Å². The molecule has 2 aromatic carbocycles. The Morgan fingerprint density at radius 1 is 1.04 bits per heavy atom. The quantitative estimate of drug-likeness (QED) is 0.728. The number of nitrogens with one attached hydrogen (secondary N) is 1. The van der Waals surface area contributed by atoms with Crippen molar-refractivity contribution in [1.82, 2.24) is 4.98 Å². The lowest BCUT2D eigenvalue weighted by atomic mass is 10.1. The van der Waals surface area contributed by atoms with E-state index in [1.807, 2.05) is 12.1 Å². The second-order valence-electron chi connectivity index (χ2n) is 6.05.